The lowest BCUT2D eigenvalue weighted by Crippen LogP contribution is -2.46. The van der Waals surface area contributed by atoms with Crippen molar-refractivity contribution in [3.63, 3.8) is 0 Å². The fourth-order valence-corrected chi connectivity index (χ4v) is 3.58. The van der Waals surface area contributed by atoms with Gasteiger partial charge in [-0.3, -0.25) is 4.79 Å². The van der Waals surface area contributed by atoms with Crippen molar-refractivity contribution in [2.75, 3.05) is 11.6 Å². The fourth-order valence-electron chi connectivity index (χ4n) is 2.85. The summed E-state index contributed by atoms with van der Waals surface area (Å²) in [5.74, 6) is 7.61. The minimum absolute atomic E-state index is 0.0189. The molecule has 28 heavy (non-hydrogen) atoms. The maximum absolute atomic E-state index is 13.0. The van der Waals surface area contributed by atoms with Crippen LogP contribution in [0.2, 0.25) is 0 Å². The average Bonchev–Trinajstić information content (AvgIpc) is 3.23. The summed E-state index contributed by atoms with van der Waals surface area (Å²) in [4.78, 5) is 14.8. The molecule has 0 fully saturated rings. The van der Waals surface area contributed by atoms with Crippen LogP contribution in [0.1, 0.15) is 32.1 Å². The van der Waals surface area contributed by atoms with Crippen LogP contribution in [-0.2, 0) is 11.3 Å². The van der Waals surface area contributed by atoms with Gasteiger partial charge in [-0.05, 0) is 39.3 Å². The molecule has 0 unspecified atom stereocenters. The number of hydrogen-bond acceptors (Lipinski definition) is 6. The molecule has 0 atom stereocenters. The second-order valence-corrected chi connectivity index (χ2v) is 8.43. The van der Waals surface area contributed by atoms with Gasteiger partial charge < -0.3 is 15.2 Å². The molecule has 3 aromatic rings. The van der Waals surface area contributed by atoms with E-state index in [1.807, 2.05) is 62.9 Å². The topological polar surface area (TPSA) is 90.2 Å². The molecule has 3 rings (SSSR count). The lowest BCUT2D eigenvalue weighted by atomic mass is 10.0. The Morgan fingerprint density at radius 3 is 2.54 bits per heavy atom. The van der Waals surface area contributed by atoms with E-state index in [0.717, 1.165) is 11.1 Å². The molecule has 0 bridgehead atoms. The molecule has 0 saturated heterocycles. The number of hydrogen-bond donors (Lipinski definition) is 1. The molecular weight excluding hydrogens is 374 g/mol. The van der Waals surface area contributed by atoms with Gasteiger partial charge in [0.2, 0.25) is 11.1 Å². The zero-order valence-electron chi connectivity index (χ0n) is 16.5. The summed E-state index contributed by atoms with van der Waals surface area (Å²) in [7, 11) is 0. The molecular formula is C20H25N5O2S. The first-order valence-electron chi connectivity index (χ1n) is 8.99. The monoisotopic (exact) mass is 399 g/mol. The van der Waals surface area contributed by atoms with E-state index in [0.29, 0.717) is 23.3 Å². The van der Waals surface area contributed by atoms with E-state index >= 15 is 0 Å². The molecule has 0 aliphatic heterocycles. The second kappa shape index (κ2) is 8.10. The van der Waals surface area contributed by atoms with E-state index in [1.54, 1.807) is 12.3 Å². The number of nitrogen functional groups attached to an aromatic ring is 1. The number of furan rings is 1. The van der Waals surface area contributed by atoms with Crippen molar-refractivity contribution in [1.29, 1.82) is 0 Å². The summed E-state index contributed by atoms with van der Waals surface area (Å²) in [6, 6.07) is 11.8. The largest absolute Gasteiger partial charge is 0.469 e. The molecule has 8 heteroatoms. The van der Waals surface area contributed by atoms with Crippen LogP contribution in [0.15, 0.2) is 52.2 Å². The number of carbonyl (C=O) groups excluding carboxylic acids is 1. The summed E-state index contributed by atoms with van der Waals surface area (Å²) in [6.07, 6.45) is 1.58. The van der Waals surface area contributed by atoms with Crippen LogP contribution >= 0.6 is 11.8 Å². The Kier molecular flexibility index (Phi) is 5.79. The maximum atomic E-state index is 13.0. The first kappa shape index (κ1) is 20.0. The molecule has 1 amide bonds. The normalized spacial score (nSPS) is 11.6. The highest BCUT2D eigenvalue weighted by atomic mass is 32.2. The summed E-state index contributed by atoms with van der Waals surface area (Å²) in [5.41, 5.74) is 1.58. The predicted octanol–water partition coefficient (Wildman–Crippen LogP) is 3.48. The summed E-state index contributed by atoms with van der Waals surface area (Å²) in [5, 5.41) is 8.75. The van der Waals surface area contributed by atoms with Crippen molar-refractivity contribution in [2.24, 2.45) is 0 Å². The zero-order valence-corrected chi connectivity index (χ0v) is 17.4. The number of carbonyl (C=O) groups is 1. The van der Waals surface area contributed by atoms with E-state index in [1.165, 1.54) is 16.4 Å². The standard InChI is InChI=1S/C20H25N5O2S/c1-14-16(10-11-27-14)18-22-23-19(25(18)21)28-13-17(26)24(20(2,3)4)12-15-8-6-5-7-9-15/h5-11H,12-13,21H2,1-4H3. The number of amides is 1. The number of benzene rings is 1. The SMILES string of the molecule is Cc1occc1-c1nnc(SCC(=O)N(Cc2ccccc2)C(C)(C)C)n1N. The molecule has 0 saturated carbocycles. The molecule has 2 heterocycles. The minimum Gasteiger partial charge on any atom is -0.469 e. The van der Waals surface area contributed by atoms with Gasteiger partial charge in [-0.25, -0.2) is 4.68 Å². The first-order chi connectivity index (χ1) is 13.3. The molecule has 0 aliphatic carbocycles. The van der Waals surface area contributed by atoms with Gasteiger partial charge in [0.05, 0.1) is 17.6 Å². The van der Waals surface area contributed by atoms with Crippen molar-refractivity contribution in [3.05, 3.63) is 54.0 Å². The third-order valence-electron chi connectivity index (χ3n) is 4.38. The highest BCUT2D eigenvalue weighted by Gasteiger charge is 2.27. The number of aromatic nitrogens is 3. The molecule has 2 N–H and O–H groups in total. The molecule has 1 aromatic carbocycles. The average molecular weight is 400 g/mol. The Morgan fingerprint density at radius 2 is 1.93 bits per heavy atom. The Hall–Kier alpha value is -2.74. The maximum Gasteiger partial charge on any atom is 0.233 e. The Labute approximate surface area is 168 Å². The molecule has 2 aromatic heterocycles. The summed E-state index contributed by atoms with van der Waals surface area (Å²) >= 11 is 1.28. The lowest BCUT2D eigenvalue weighted by Gasteiger charge is -2.36. The van der Waals surface area contributed by atoms with Crippen LogP contribution in [0.4, 0.5) is 0 Å². The van der Waals surface area contributed by atoms with Crippen molar-refractivity contribution in [3.8, 4) is 11.4 Å². The van der Waals surface area contributed by atoms with Crippen LogP contribution in [0, 0.1) is 6.92 Å². The zero-order chi connectivity index (χ0) is 20.3. The Morgan fingerprint density at radius 1 is 1.21 bits per heavy atom. The number of aryl methyl sites for hydroxylation is 1. The van der Waals surface area contributed by atoms with Gasteiger partial charge in [0.15, 0.2) is 5.82 Å². The van der Waals surface area contributed by atoms with Crippen LogP contribution in [-0.4, -0.2) is 37.0 Å². The van der Waals surface area contributed by atoms with Gasteiger partial charge in [-0.2, -0.15) is 0 Å². The number of thioether (sulfide) groups is 1. The van der Waals surface area contributed by atoms with E-state index in [9.17, 15) is 4.79 Å². The first-order valence-corrected chi connectivity index (χ1v) is 9.98. The highest BCUT2D eigenvalue weighted by Crippen LogP contribution is 2.26. The van der Waals surface area contributed by atoms with E-state index < -0.39 is 0 Å². The Balaban J connectivity index is 1.71. The molecule has 0 spiro atoms. The van der Waals surface area contributed by atoms with E-state index in [-0.39, 0.29) is 17.2 Å². The van der Waals surface area contributed by atoms with Crippen molar-refractivity contribution in [1.82, 2.24) is 19.8 Å². The quantitative estimate of drug-likeness (QED) is 0.504. The van der Waals surface area contributed by atoms with Crippen molar-refractivity contribution < 1.29 is 9.21 Å². The van der Waals surface area contributed by atoms with E-state index in [4.69, 9.17) is 10.3 Å². The third-order valence-corrected chi connectivity index (χ3v) is 5.31. The smallest absolute Gasteiger partial charge is 0.233 e. The van der Waals surface area contributed by atoms with Crippen LogP contribution in [0.5, 0.6) is 0 Å². The van der Waals surface area contributed by atoms with Crippen LogP contribution in [0.3, 0.4) is 0 Å². The third kappa shape index (κ3) is 4.39. The highest BCUT2D eigenvalue weighted by molar-refractivity contribution is 7.99. The lowest BCUT2D eigenvalue weighted by molar-refractivity contribution is -0.133. The van der Waals surface area contributed by atoms with Gasteiger partial charge in [0.25, 0.3) is 0 Å². The van der Waals surface area contributed by atoms with Crippen LogP contribution < -0.4 is 5.84 Å². The molecule has 7 nitrogen and oxygen atoms in total. The summed E-state index contributed by atoms with van der Waals surface area (Å²) in [6.45, 7) is 8.49. The van der Waals surface area contributed by atoms with Gasteiger partial charge in [-0.15, -0.1) is 10.2 Å². The van der Waals surface area contributed by atoms with Crippen molar-refractivity contribution in [2.45, 2.75) is 44.9 Å². The number of nitrogens with zero attached hydrogens (tertiary/aromatic N) is 4. The van der Waals surface area contributed by atoms with Gasteiger partial charge in [0.1, 0.15) is 5.76 Å². The van der Waals surface area contributed by atoms with Gasteiger partial charge in [-0.1, -0.05) is 42.1 Å². The minimum atomic E-state index is -0.303. The molecule has 148 valence electrons. The van der Waals surface area contributed by atoms with Gasteiger partial charge >= 0.3 is 0 Å². The molecule has 0 aliphatic rings. The van der Waals surface area contributed by atoms with Crippen LogP contribution in [0.25, 0.3) is 11.4 Å². The van der Waals surface area contributed by atoms with E-state index in [2.05, 4.69) is 10.2 Å². The Bertz CT molecular complexity index is 943. The predicted molar refractivity (Wildman–Crippen MR) is 110 cm³/mol. The van der Waals surface area contributed by atoms with Gasteiger partial charge in [0, 0.05) is 12.1 Å². The second-order valence-electron chi connectivity index (χ2n) is 7.49. The summed E-state index contributed by atoms with van der Waals surface area (Å²) < 4.78 is 6.70. The fraction of sp³-hybridized carbons (Fsp3) is 0.350. The number of rotatable bonds is 6. The number of nitrogens with two attached hydrogens (primary N) is 1. The van der Waals surface area contributed by atoms with Crippen molar-refractivity contribution >= 4 is 17.7 Å². The molecule has 0 radical (unpaired) electrons.